The highest BCUT2D eigenvalue weighted by molar-refractivity contribution is 7.99. The van der Waals surface area contributed by atoms with Crippen LogP contribution < -0.4 is 10.9 Å². The molecular weight excluding hydrogens is 386 g/mol. The number of amides is 1. The summed E-state index contributed by atoms with van der Waals surface area (Å²) in [6.07, 6.45) is 0. The van der Waals surface area contributed by atoms with Crippen LogP contribution in [0.15, 0.2) is 56.8 Å². The van der Waals surface area contributed by atoms with Gasteiger partial charge in [-0.15, -0.1) is 0 Å². The van der Waals surface area contributed by atoms with Crippen LogP contribution in [0.4, 0.5) is 5.69 Å². The maximum absolute atomic E-state index is 12.9. The van der Waals surface area contributed by atoms with Gasteiger partial charge < -0.3 is 9.73 Å². The van der Waals surface area contributed by atoms with Crippen molar-refractivity contribution in [3.8, 4) is 0 Å². The molecule has 0 unspecified atom stereocenters. The van der Waals surface area contributed by atoms with E-state index < -0.39 is 0 Å². The summed E-state index contributed by atoms with van der Waals surface area (Å²) in [7, 11) is 0. The molecule has 2 aromatic heterocycles. The summed E-state index contributed by atoms with van der Waals surface area (Å²) in [5.41, 5.74) is 4.23. The van der Waals surface area contributed by atoms with Crippen LogP contribution in [0.2, 0.25) is 0 Å². The smallest absolute Gasteiger partial charge is 0.297 e. The number of nitrogens with zero attached hydrogens (tertiary/aromatic N) is 2. The number of benzene rings is 2. The van der Waals surface area contributed by atoms with E-state index in [4.69, 9.17) is 4.42 Å². The highest BCUT2D eigenvalue weighted by Crippen LogP contribution is 2.27. The molecule has 1 N–H and O–H groups in total. The van der Waals surface area contributed by atoms with Gasteiger partial charge in [-0.3, -0.25) is 14.2 Å². The maximum Gasteiger partial charge on any atom is 0.297 e. The summed E-state index contributed by atoms with van der Waals surface area (Å²) < 4.78 is 7.26. The number of anilines is 1. The number of aryl methyl sites for hydroxylation is 2. The SMILES string of the molecule is CCn1c(SCC(=O)Nc2ccc(C)c(C)c2)nc2c(oc3ccccc32)c1=O. The average molecular weight is 407 g/mol. The Bertz CT molecular complexity index is 1290. The zero-order valence-electron chi connectivity index (χ0n) is 16.5. The summed E-state index contributed by atoms with van der Waals surface area (Å²) >= 11 is 1.25. The van der Waals surface area contributed by atoms with Crippen molar-refractivity contribution in [3.05, 3.63) is 63.9 Å². The topological polar surface area (TPSA) is 77.1 Å². The zero-order valence-corrected chi connectivity index (χ0v) is 17.3. The van der Waals surface area contributed by atoms with Gasteiger partial charge in [-0.2, -0.15) is 0 Å². The van der Waals surface area contributed by atoms with E-state index in [2.05, 4.69) is 10.3 Å². The van der Waals surface area contributed by atoms with E-state index in [1.807, 2.05) is 63.2 Å². The van der Waals surface area contributed by atoms with Gasteiger partial charge in [-0.1, -0.05) is 30.0 Å². The van der Waals surface area contributed by atoms with Crippen LogP contribution in [0.5, 0.6) is 0 Å². The predicted molar refractivity (Wildman–Crippen MR) is 117 cm³/mol. The van der Waals surface area contributed by atoms with Gasteiger partial charge in [0.15, 0.2) is 5.16 Å². The van der Waals surface area contributed by atoms with Crippen LogP contribution >= 0.6 is 11.8 Å². The van der Waals surface area contributed by atoms with Crippen molar-refractivity contribution in [2.75, 3.05) is 11.1 Å². The van der Waals surface area contributed by atoms with Crippen molar-refractivity contribution in [2.24, 2.45) is 0 Å². The first kappa shape index (κ1) is 19.3. The van der Waals surface area contributed by atoms with E-state index in [-0.39, 0.29) is 22.8 Å². The number of thioether (sulfide) groups is 1. The number of carbonyl (C=O) groups excluding carboxylic acids is 1. The molecule has 0 fully saturated rings. The minimum absolute atomic E-state index is 0.146. The monoisotopic (exact) mass is 407 g/mol. The fraction of sp³-hybridized carbons (Fsp3) is 0.227. The number of nitrogens with one attached hydrogen (secondary N) is 1. The Balaban J connectivity index is 1.61. The van der Waals surface area contributed by atoms with Crippen LogP contribution in [0.1, 0.15) is 18.1 Å². The van der Waals surface area contributed by atoms with Gasteiger partial charge in [-0.05, 0) is 56.2 Å². The molecule has 0 aliphatic rings. The predicted octanol–water partition coefficient (Wildman–Crippen LogP) is 4.51. The molecule has 0 saturated heterocycles. The third-order valence-corrected chi connectivity index (χ3v) is 5.86. The largest absolute Gasteiger partial charge is 0.448 e. The summed E-state index contributed by atoms with van der Waals surface area (Å²) in [6.45, 7) is 6.35. The average Bonchev–Trinajstić information content (AvgIpc) is 3.08. The quantitative estimate of drug-likeness (QED) is 0.389. The van der Waals surface area contributed by atoms with E-state index in [1.165, 1.54) is 17.3 Å². The molecule has 148 valence electrons. The number of carbonyl (C=O) groups is 1. The number of aromatic nitrogens is 2. The minimum atomic E-state index is -0.231. The van der Waals surface area contributed by atoms with Crippen molar-refractivity contribution in [3.63, 3.8) is 0 Å². The second kappa shape index (κ2) is 7.75. The van der Waals surface area contributed by atoms with E-state index in [0.717, 1.165) is 16.6 Å². The molecule has 0 bridgehead atoms. The van der Waals surface area contributed by atoms with Crippen LogP contribution in [0.25, 0.3) is 22.1 Å². The second-order valence-electron chi connectivity index (χ2n) is 6.86. The van der Waals surface area contributed by atoms with Gasteiger partial charge in [-0.25, -0.2) is 4.98 Å². The molecular formula is C22H21N3O3S. The summed E-state index contributed by atoms with van der Waals surface area (Å²) in [5, 5.41) is 4.20. The Morgan fingerprint density at radius 3 is 2.72 bits per heavy atom. The van der Waals surface area contributed by atoms with Gasteiger partial charge >= 0.3 is 0 Å². The molecule has 0 atom stereocenters. The molecule has 6 nitrogen and oxygen atoms in total. The van der Waals surface area contributed by atoms with E-state index in [9.17, 15) is 9.59 Å². The summed E-state index contributed by atoms with van der Waals surface area (Å²) in [6, 6.07) is 13.2. The van der Waals surface area contributed by atoms with Gasteiger partial charge in [0.05, 0.1) is 5.75 Å². The third kappa shape index (κ3) is 3.65. The Labute approximate surface area is 171 Å². The summed E-state index contributed by atoms with van der Waals surface area (Å²) in [4.78, 5) is 29.9. The number of rotatable bonds is 5. The molecule has 0 radical (unpaired) electrons. The Hall–Kier alpha value is -3.06. The van der Waals surface area contributed by atoms with Crippen molar-refractivity contribution in [1.29, 1.82) is 0 Å². The number of para-hydroxylation sites is 1. The minimum Gasteiger partial charge on any atom is -0.448 e. The fourth-order valence-corrected chi connectivity index (χ4v) is 4.04. The molecule has 2 aromatic carbocycles. The molecule has 0 spiro atoms. The lowest BCUT2D eigenvalue weighted by atomic mass is 10.1. The van der Waals surface area contributed by atoms with Crippen molar-refractivity contribution < 1.29 is 9.21 Å². The first-order valence-corrected chi connectivity index (χ1v) is 10.4. The molecule has 4 rings (SSSR count). The van der Waals surface area contributed by atoms with Crippen LogP contribution in [-0.2, 0) is 11.3 Å². The third-order valence-electron chi connectivity index (χ3n) is 4.89. The molecule has 7 heteroatoms. The van der Waals surface area contributed by atoms with Crippen molar-refractivity contribution in [2.45, 2.75) is 32.5 Å². The molecule has 29 heavy (non-hydrogen) atoms. The lowest BCUT2D eigenvalue weighted by molar-refractivity contribution is -0.113. The normalized spacial score (nSPS) is 11.3. The highest BCUT2D eigenvalue weighted by Gasteiger charge is 2.17. The lowest BCUT2D eigenvalue weighted by Gasteiger charge is -2.10. The molecule has 4 aromatic rings. The van der Waals surface area contributed by atoms with E-state index in [1.54, 1.807) is 4.57 Å². The molecule has 1 amide bonds. The number of hydrogen-bond donors (Lipinski definition) is 1. The molecule has 2 heterocycles. The molecule has 0 aliphatic carbocycles. The molecule has 0 saturated carbocycles. The number of furan rings is 1. The second-order valence-corrected chi connectivity index (χ2v) is 7.80. The summed E-state index contributed by atoms with van der Waals surface area (Å²) in [5.74, 6) is 0.00741. The zero-order chi connectivity index (χ0) is 20.5. The van der Waals surface area contributed by atoms with Gasteiger partial charge in [0.1, 0.15) is 11.1 Å². The first-order chi connectivity index (χ1) is 14.0. The maximum atomic E-state index is 12.9. The first-order valence-electron chi connectivity index (χ1n) is 9.40. The highest BCUT2D eigenvalue weighted by atomic mass is 32.2. The fourth-order valence-electron chi connectivity index (χ4n) is 3.19. The van der Waals surface area contributed by atoms with E-state index in [0.29, 0.717) is 22.8 Å². The van der Waals surface area contributed by atoms with Crippen LogP contribution in [0, 0.1) is 13.8 Å². The standard InChI is InChI=1S/C22H21N3O3S/c1-4-25-21(27)20-19(16-7-5-6-8-17(16)28-20)24-22(25)29-12-18(26)23-15-10-9-13(2)14(3)11-15/h5-11H,4,12H2,1-3H3,(H,23,26). The Kier molecular flexibility index (Phi) is 5.15. The lowest BCUT2D eigenvalue weighted by Crippen LogP contribution is -2.23. The Morgan fingerprint density at radius 2 is 1.97 bits per heavy atom. The Morgan fingerprint density at radius 1 is 1.17 bits per heavy atom. The number of hydrogen-bond acceptors (Lipinski definition) is 5. The molecule has 0 aliphatic heterocycles. The van der Waals surface area contributed by atoms with Crippen molar-refractivity contribution >= 4 is 45.4 Å². The van der Waals surface area contributed by atoms with Gasteiger partial charge in [0.2, 0.25) is 11.5 Å². The van der Waals surface area contributed by atoms with Gasteiger partial charge in [0.25, 0.3) is 5.56 Å². The van der Waals surface area contributed by atoms with Crippen LogP contribution in [-0.4, -0.2) is 21.2 Å². The van der Waals surface area contributed by atoms with Gasteiger partial charge in [0, 0.05) is 17.6 Å². The number of fused-ring (bicyclic) bond motifs is 3. The van der Waals surface area contributed by atoms with E-state index >= 15 is 0 Å². The van der Waals surface area contributed by atoms with Crippen molar-refractivity contribution in [1.82, 2.24) is 9.55 Å². The van der Waals surface area contributed by atoms with Crippen LogP contribution in [0.3, 0.4) is 0 Å².